The molecule has 3 amide bonds. The Kier molecular flexibility index (Phi) is 16.2. The Bertz CT molecular complexity index is 1190. The van der Waals surface area contributed by atoms with Crippen molar-refractivity contribution in [2.45, 2.75) is 117 Å². The monoisotopic (exact) mass is 739 g/mol. The Hall–Kier alpha value is -2.36. The fraction of sp³-hybridized carbons (Fsp3) is 0.895. The molecule has 0 aliphatic heterocycles. The second-order valence-corrected chi connectivity index (χ2v) is 16.1. The van der Waals surface area contributed by atoms with Crippen LogP contribution in [0.15, 0.2) is 0 Å². The molecule has 4 aliphatic rings. The average Bonchev–Trinajstić information content (AvgIpc) is 3.47. The molecule has 4 fully saturated rings. The number of amides is 3. The largest absolute Gasteiger partial charge is 0.481 e. The Labute approximate surface area is 308 Å². The molecule has 0 bridgehead atoms. The zero-order valence-corrected chi connectivity index (χ0v) is 31.7. The van der Waals surface area contributed by atoms with Gasteiger partial charge >= 0.3 is 5.97 Å². The number of fused-ring (bicyclic) bond motifs is 5. The van der Waals surface area contributed by atoms with Crippen molar-refractivity contribution in [3.8, 4) is 0 Å². The Morgan fingerprint density at radius 3 is 2.23 bits per heavy atom. The minimum Gasteiger partial charge on any atom is -0.481 e. The highest BCUT2D eigenvalue weighted by Crippen LogP contribution is 2.68. The van der Waals surface area contributed by atoms with Crippen LogP contribution in [0.2, 0.25) is 0 Å². The van der Waals surface area contributed by atoms with Crippen molar-refractivity contribution in [1.29, 1.82) is 0 Å². The number of aliphatic hydroxyl groups excluding tert-OH is 2. The molecule has 0 saturated heterocycles. The topological polar surface area (TPSA) is 202 Å². The van der Waals surface area contributed by atoms with Gasteiger partial charge in [-0.1, -0.05) is 20.8 Å². The number of hydroxylamine groups is 1. The van der Waals surface area contributed by atoms with Crippen molar-refractivity contribution in [3.63, 3.8) is 0 Å². The number of ether oxygens (including phenoxy) is 3. The normalized spacial score (nSPS) is 34.3. The molecule has 52 heavy (non-hydrogen) atoms. The first kappa shape index (κ1) is 42.4. The summed E-state index contributed by atoms with van der Waals surface area (Å²) in [7, 11) is 0. The fourth-order valence-electron chi connectivity index (χ4n) is 10.4. The maximum atomic E-state index is 12.5. The van der Waals surface area contributed by atoms with Gasteiger partial charge in [0.15, 0.2) is 0 Å². The third kappa shape index (κ3) is 10.7. The Morgan fingerprint density at radius 2 is 1.50 bits per heavy atom. The van der Waals surface area contributed by atoms with Crippen LogP contribution in [0.4, 0.5) is 0 Å². The summed E-state index contributed by atoms with van der Waals surface area (Å²) in [5.74, 6) is -0.534. The Balaban J connectivity index is 1.12. The molecule has 0 aromatic rings. The second-order valence-electron chi connectivity index (χ2n) is 16.1. The number of rotatable bonds is 21. The lowest BCUT2D eigenvalue weighted by molar-refractivity contribution is -0.212. The van der Waals surface area contributed by atoms with Crippen LogP contribution in [0.5, 0.6) is 0 Å². The number of carboxylic acids is 1. The second kappa shape index (κ2) is 19.8. The third-order valence-corrected chi connectivity index (χ3v) is 13.2. The van der Waals surface area contributed by atoms with Crippen LogP contribution in [-0.2, 0) is 38.2 Å². The smallest absolute Gasteiger partial charge is 0.303 e. The molecule has 1 unspecified atom stereocenters. The summed E-state index contributed by atoms with van der Waals surface area (Å²) in [5, 5.41) is 38.1. The van der Waals surface area contributed by atoms with Crippen LogP contribution >= 0.6 is 0 Å². The van der Waals surface area contributed by atoms with E-state index in [9.17, 15) is 34.5 Å². The van der Waals surface area contributed by atoms with Crippen molar-refractivity contribution in [1.82, 2.24) is 16.1 Å². The number of aliphatic carboxylic acids is 1. The summed E-state index contributed by atoms with van der Waals surface area (Å²) in [6.45, 7) is 11.0. The van der Waals surface area contributed by atoms with E-state index in [0.717, 1.165) is 25.7 Å². The third-order valence-electron chi connectivity index (χ3n) is 13.2. The molecule has 0 radical (unpaired) electrons. The first-order chi connectivity index (χ1) is 24.8. The van der Waals surface area contributed by atoms with E-state index < -0.39 is 18.2 Å². The molecule has 14 nitrogen and oxygen atoms in total. The summed E-state index contributed by atoms with van der Waals surface area (Å²) < 4.78 is 15.8. The van der Waals surface area contributed by atoms with Gasteiger partial charge < -0.3 is 40.2 Å². The molecule has 4 saturated carbocycles. The Morgan fingerprint density at radius 1 is 0.808 bits per heavy atom. The highest BCUT2D eigenvalue weighted by atomic mass is 16.7. The lowest BCUT2D eigenvalue weighted by Gasteiger charge is -2.63. The molecular formula is C38H65N3O11. The van der Waals surface area contributed by atoms with Gasteiger partial charge in [-0.05, 0) is 105 Å². The van der Waals surface area contributed by atoms with Gasteiger partial charge in [0.05, 0.1) is 44.7 Å². The van der Waals surface area contributed by atoms with Gasteiger partial charge in [0, 0.05) is 39.0 Å². The minimum atomic E-state index is -0.785. The van der Waals surface area contributed by atoms with E-state index in [4.69, 9.17) is 19.0 Å². The van der Waals surface area contributed by atoms with E-state index in [0.29, 0.717) is 45.4 Å². The maximum absolute atomic E-state index is 12.5. The molecule has 11 atom stereocenters. The molecule has 4 aliphatic carbocycles. The van der Waals surface area contributed by atoms with Gasteiger partial charge in [-0.2, -0.15) is 0 Å². The molecule has 4 rings (SSSR count). The first-order valence-corrected chi connectivity index (χ1v) is 19.6. The highest BCUT2D eigenvalue weighted by Gasteiger charge is 2.65. The molecule has 0 spiro atoms. The molecule has 0 heterocycles. The predicted molar refractivity (Wildman–Crippen MR) is 190 cm³/mol. The van der Waals surface area contributed by atoms with Gasteiger partial charge in [0.1, 0.15) is 6.61 Å². The number of hydrogen-bond donors (Lipinski definition) is 6. The minimum absolute atomic E-state index is 0.0128. The van der Waals surface area contributed by atoms with Gasteiger partial charge in [0.25, 0.3) is 0 Å². The van der Waals surface area contributed by atoms with Crippen molar-refractivity contribution in [2.75, 3.05) is 52.7 Å². The van der Waals surface area contributed by atoms with Gasteiger partial charge in [0.2, 0.25) is 17.7 Å². The molecule has 6 N–H and O–H groups in total. The molecule has 0 aromatic heterocycles. The summed E-state index contributed by atoms with van der Waals surface area (Å²) in [6.07, 6.45) is 5.11. The van der Waals surface area contributed by atoms with Crippen LogP contribution in [0.1, 0.15) is 98.3 Å². The van der Waals surface area contributed by atoms with Crippen LogP contribution in [0.3, 0.4) is 0 Å². The SMILES string of the molecule is CCOCCNC(=O)COCCOCCNC(=O)CCC(=O)NO[C@H]1CC[C@@]2(C)[C@@H](C1)C[C@@H](O)[C@H]1C3CC[C@H]([C@H](C)CCC(=O)O)[C@@]3(C)[C@@H](O)C[C@@H]12. The number of aliphatic hydroxyl groups is 2. The summed E-state index contributed by atoms with van der Waals surface area (Å²) >= 11 is 0. The predicted octanol–water partition coefficient (Wildman–Crippen LogP) is 2.59. The van der Waals surface area contributed by atoms with Crippen LogP contribution < -0.4 is 16.1 Å². The zero-order chi connectivity index (χ0) is 37.9. The quantitative estimate of drug-likeness (QED) is 0.0747. The molecule has 0 aromatic carbocycles. The first-order valence-electron chi connectivity index (χ1n) is 19.6. The van der Waals surface area contributed by atoms with Crippen LogP contribution in [0, 0.1) is 46.3 Å². The number of carbonyl (C=O) groups is 4. The number of carboxylic acid groups (broad SMARTS) is 1. The van der Waals surface area contributed by atoms with E-state index in [1.54, 1.807) is 0 Å². The van der Waals surface area contributed by atoms with Gasteiger partial charge in [-0.3, -0.25) is 24.0 Å². The van der Waals surface area contributed by atoms with Crippen molar-refractivity contribution >= 4 is 23.7 Å². The highest BCUT2D eigenvalue weighted by molar-refractivity contribution is 5.83. The fourth-order valence-corrected chi connectivity index (χ4v) is 10.4. The van der Waals surface area contributed by atoms with Gasteiger partial charge in [-0.15, -0.1) is 0 Å². The van der Waals surface area contributed by atoms with E-state index in [1.807, 2.05) is 6.92 Å². The van der Waals surface area contributed by atoms with Crippen molar-refractivity contribution < 1.29 is 53.5 Å². The van der Waals surface area contributed by atoms with E-state index >= 15 is 0 Å². The molecular weight excluding hydrogens is 674 g/mol. The standard InChI is InChI=1S/C38H65N3O11/c1-5-49-16-14-40-34(46)23-51-19-18-50-17-15-39-32(44)9-10-33(45)41-52-26-12-13-37(3)25(20-26)21-30(42)36-28-8-7-27(24(2)6-11-35(47)48)38(28,4)31(43)22-29(36)37/h24-31,36,42-43H,5-23H2,1-4H3,(H,39,44)(H,40,46)(H,41,45)(H,47,48)/t24-,25+,26+,27-,28?,29+,30-,31+,36+,37+,38-/m1/s1. The van der Waals surface area contributed by atoms with Crippen molar-refractivity contribution in [2.24, 2.45) is 46.3 Å². The summed E-state index contributed by atoms with van der Waals surface area (Å²) in [6, 6.07) is 0. The summed E-state index contributed by atoms with van der Waals surface area (Å²) in [5.41, 5.74) is 2.16. The van der Waals surface area contributed by atoms with Gasteiger partial charge in [-0.25, -0.2) is 5.48 Å². The van der Waals surface area contributed by atoms with E-state index in [1.165, 1.54) is 0 Å². The number of hydrogen-bond acceptors (Lipinski definition) is 10. The molecule has 14 heteroatoms. The lowest BCUT2D eigenvalue weighted by atomic mass is 9.43. The van der Waals surface area contributed by atoms with E-state index in [-0.39, 0.29) is 122 Å². The molecule has 298 valence electrons. The average molecular weight is 740 g/mol. The zero-order valence-electron chi connectivity index (χ0n) is 31.7. The summed E-state index contributed by atoms with van der Waals surface area (Å²) in [4.78, 5) is 53.5. The number of carbonyl (C=O) groups excluding carboxylic acids is 3. The van der Waals surface area contributed by atoms with Crippen molar-refractivity contribution in [3.05, 3.63) is 0 Å². The van der Waals surface area contributed by atoms with E-state index in [2.05, 4.69) is 36.9 Å². The lowest BCUT2D eigenvalue weighted by Crippen LogP contribution is -2.62. The maximum Gasteiger partial charge on any atom is 0.303 e. The number of nitrogens with one attached hydrogen (secondary N) is 3. The van der Waals surface area contributed by atoms with Crippen LogP contribution in [0.25, 0.3) is 0 Å². The van der Waals surface area contributed by atoms with Crippen LogP contribution in [-0.4, -0.2) is 110 Å².